The largest absolute Gasteiger partial charge is 0.351 e. The third-order valence-electron chi connectivity index (χ3n) is 3.50. The second-order valence-electron chi connectivity index (χ2n) is 5.02. The van der Waals surface area contributed by atoms with Crippen LogP contribution in [0.2, 0.25) is 5.02 Å². The van der Waals surface area contributed by atoms with Crippen LogP contribution < -0.4 is 0 Å². The molecule has 5 nitrogen and oxygen atoms in total. The van der Waals surface area contributed by atoms with Gasteiger partial charge in [0.25, 0.3) is 5.91 Å². The van der Waals surface area contributed by atoms with E-state index in [9.17, 15) is 4.79 Å². The van der Waals surface area contributed by atoms with Crippen molar-refractivity contribution in [3.8, 4) is 0 Å². The molecule has 0 fully saturated rings. The number of hydrogen-bond donors (Lipinski definition) is 1. The molecule has 0 aliphatic heterocycles. The van der Waals surface area contributed by atoms with Crippen LogP contribution in [0, 0.1) is 0 Å². The Labute approximate surface area is 127 Å². The molecule has 0 atom stereocenters. The van der Waals surface area contributed by atoms with Gasteiger partial charge in [-0.1, -0.05) is 11.6 Å². The number of aromatic amines is 1. The minimum atomic E-state index is -0.0495. The van der Waals surface area contributed by atoms with E-state index in [1.54, 1.807) is 24.3 Å². The Bertz CT molecular complexity index is 805. The molecule has 0 saturated heterocycles. The first kappa shape index (κ1) is 13.7. The molecule has 3 aromatic rings. The molecule has 3 aromatic heterocycles. The molecule has 0 aromatic carbocycles. The van der Waals surface area contributed by atoms with Gasteiger partial charge in [-0.3, -0.25) is 4.79 Å². The number of pyridine rings is 1. The molecule has 3 rings (SSSR count). The molecule has 1 amide bonds. The summed E-state index contributed by atoms with van der Waals surface area (Å²) in [5.74, 6) is -0.0495. The standard InChI is InChI=1S/C15H15ClN4O/c1-19-8-10(16)6-11(19)9-20(2)15(21)13-7-18-14-12(13)4-3-5-17-14/h3-8H,9H2,1-2H3,(H,17,18). The van der Waals surface area contributed by atoms with E-state index in [-0.39, 0.29) is 5.91 Å². The maximum atomic E-state index is 12.6. The van der Waals surface area contributed by atoms with Crippen LogP contribution in [0.1, 0.15) is 16.1 Å². The van der Waals surface area contributed by atoms with E-state index in [0.29, 0.717) is 17.1 Å². The Hall–Kier alpha value is -2.27. The number of rotatable bonds is 3. The summed E-state index contributed by atoms with van der Waals surface area (Å²) in [4.78, 5) is 21.5. The van der Waals surface area contributed by atoms with E-state index in [4.69, 9.17) is 11.6 Å². The van der Waals surface area contributed by atoms with Crippen LogP contribution in [0.5, 0.6) is 0 Å². The van der Waals surface area contributed by atoms with Crippen molar-refractivity contribution < 1.29 is 4.79 Å². The first-order valence-electron chi connectivity index (χ1n) is 6.54. The zero-order valence-corrected chi connectivity index (χ0v) is 12.6. The van der Waals surface area contributed by atoms with Gasteiger partial charge >= 0.3 is 0 Å². The number of H-pyrrole nitrogens is 1. The maximum absolute atomic E-state index is 12.6. The van der Waals surface area contributed by atoms with Gasteiger partial charge in [0.2, 0.25) is 0 Å². The number of hydrogen-bond acceptors (Lipinski definition) is 2. The molecule has 3 heterocycles. The molecular weight excluding hydrogens is 288 g/mol. The third kappa shape index (κ3) is 2.52. The Morgan fingerprint density at radius 3 is 3.05 bits per heavy atom. The first-order chi connectivity index (χ1) is 10.1. The molecule has 0 bridgehead atoms. The molecule has 6 heteroatoms. The predicted octanol–water partition coefficient (Wildman–Crippen LogP) is 2.83. The highest BCUT2D eigenvalue weighted by atomic mass is 35.5. The lowest BCUT2D eigenvalue weighted by molar-refractivity contribution is 0.0784. The molecule has 0 saturated carbocycles. The summed E-state index contributed by atoms with van der Waals surface area (Å²) in [5.41, 5.74) is 2.32. The van der Waals surface area contributed by atoms with Gasteiger partial charge in [0.15, 0.2) is 0 Å². The second kappa shape index (κ2) is 5.26. The highest BCUT2D eigenvalue weighted by Crippen LogP contribution is 2.19. The highest BCUT2D eigenvalue weighted by molar-refractivity contribution is 6.30. The van der Waals surface area contributed by atoms with Crippen molar-refractivity contribution in [2.24, 2.45) is 7.05 Å². The topological polar surface area (TPSA) is 53.9 Å². The minimum absolute atomic E-state index is 0.0495. The zero-order chi connectivity index (χ0) is 15.0. The number of amides is 1. The number of aromatic nitrogens is 3. The van der Waals surface area contributed by atoms with Gasteiger partial charge in [0, 0.05) is 43.8 Å². The third-order valence-corrected chi connectivity index (χ3v) is 3.71. The van der Waals surface area contributed by atoms with Gasteiger partial charge in [-0.15, -0.1) is 0 Å². The zero-order valence-electron chi connectivity index (χ0n) is 11.8. The van der Waals surface area contributed by atoms with Gasteiger partial charge in [-0.05, 0) is 18.2 Å². The van der Waals surface area contributed by atoms with E-state index >= 15 is 0 Å². The van der Waals surface area contributed by atoms with Crippen molar-refractivity contribution >= 4 is 28.5 Å². The molecule has 0 aliphatic carbocycles. The van der Waals surface area contributed by atoms with Crippen LogP contribution in [0.4, 0.5) is 0 Å². The quantitative estimate of drug-likeness (QED) is 0.809. The molecule has 0 unspecified atom stereocenters. The molecule has 1 N–H and O–H groups in total. The lowest BCUT2D eigenvalue weighted by atomic mass is 10.2. The molecule has 21 heavy (non-hydrogen) atoms. The predicted molar refractivity (Wildman–Crippen MR) is 82.3 cm³/mol. The minimum Gasteiger partial charge on any atom is -0.351 e. The summed E-state index contributed by atoms with van der Waals surface area (Å²) in [7, 11) is 3.69. The number of nitrogens with one attached hydrogen (secondary N) is 1. The molecule has 0 radical (unpaired) electrons. The van der Waals surface area contributed by atoms with Crippen molar-refractivity contribution in [1.29, 1.82) is 0 Å². The maximum Gasteiger partial charge on any atom is 0.256 e. The highest BCUT2D eigenvalue weighted by Gasteiger charge is 2.17. The Morgan fingerprint density at radius 1 is 1.52 bits per heavy atom. The van der Waals surface area contributed by atoms with E-state index in [0.717, 1.165) is 16.7 Å². The number of aryl methyl sites for hydroxylation is 1. The Balaban J connectivity index is 1.86. The van der Waals surface area contributed by atoms with Crippen LogP contribution in [0.3, 0.4) is 0 Å². The van der Waals surface area contributed by atoms with E-state index in [1.165, 1.54) is 0 Å². The summed E-state index contributed by atoms with van der Waals surface area (Å²) >= 11 is 5.97. The van der Waals surface area contributed by atoms with E-state index < -0.39 is 0 Å². The fraction of sp³-hybridized carbons (Fsp3) is 0.200. The lowest BCUT2D eigenvalue weighted by Crippen LogP contribution is -2.26. The van der Waals surface area contributed by atoms with Crippen molar-refractivity contribution in [3.63, 3.8) is 0 Å². The number of halogens is 1. The average molecular weight is 303 g/mol. The first-order valence-corrected chi connectivity index (χ1v) is 6.92. The summed E-state index contributed by atoms with van der Waals surface area (Å²) in [6.45, 7) is 0.495. The van der Waals surface area contributed by atoms with Gasteiger partial charge in [-0.25, -0.2) is 4.98 Å². The Kier molecular flexibility index (Phi) is 3.43. The van der Waals surface area contributed by atoms with Crippen LogP contribution in [0.25, 0.3) is 11.0 Å². The van der Waals surface area contributed by atoms with Gasteiger partial charge in [-0.2, -0.15) is 0 Å². The van der Waals surface area contributed by atoms with Crippen molar-refractivity contribution in [2.75, 3.05) is 7.05 Å². The van der Waals surface area contributed by atoms with Crippen LogP contribution in [0.15, 0.2) is 36.8 Å². The summed E-state index contributed by atoms with van der Waals surface area (Å²) in [6.07, 6.45) is 5.22. The molecule has 108 valence electrons. The number of fused-ring (bicyclic) bond motifs is 1. The van der Waals surface area contributed by atoms with Crippen LogP contribution in [-0.2, 0) is 13.6 Å². The lowest BCUT2D eigenvalue weighted by Gasteiger charge is -2.17. The van der Waals surface area contributed by atoms with Crippen molar-refractivity contribution in [1.82, 2.24) is 19.4 Å². The van der Waals surface area contributed by atoms with Crippen molar-refractivity contribution in [3.05, 3.63) is 53.1 Å². The molecular formula is C15H15ClN4O. The van der Waals surface area contributed by atoms with Gasteiger partial charge in [0.05, 0.1) is 17.1 Å². The smallest absolute Gasteiger partial charge is 0.256 e. The normalized spacial score (nSPS) is 11.0. The van der Waals surface area contributed by atoms with E-state index in [2.05, 4.69) is 9.97 Å². The van der Waals surface area contributed by atoms with E-state index in [1.807, 2.05) is 36.0 Å². The Morgan fingerprint density at radius 2 is 2.33 bits per heavy atom. The number of carbonyl (C=O) groups is 1. The fourth-order valence-corrected chi connectivity index (χ4v) is 2.65. The number of carbonyl (C=O) groups excluding carboxylic acids is 1. The van der Waals surface area contributed by atoms with Gasteiger partial charge < -0.3 is 14.5 Å². The number of nitrogens with zero attached hydrogens (tertiary/aromatic N) is 3. The monoisotopic (exact) mass is 302 g/mol. The van der Waals surface area contributed by atoms with Crippen LogP contribution in [-0.4, -0.2) is 32.4 Å². The SMILES string of the molecule is CN(Cc1cc(Cl)cn1C)C(=O)c1c[nH]c2ncccc12. The summed E-state index contributed by atoms with van der Waals surface area (Å²) in [6, 6.07) is 5.57. The molecule has 0 spiro atoms. The molecule has 0 aliphatic rings. The van der Waals surface area contributed by atoms with Gasteiger partial charge in [0.1, 0.15) is 5.65 Å². The fourth-order valence-electron chi connectivity index (χ4n) is 2.38. The summed E-state index contributed by atoms with van der Waals surface area (Å²) in [5, 5.41) is 1.50. The van der Waals surface area contributed by atoms with Crippen LogP contribution >= 0.6 is 11.6 Å². The summed E-state index contributed by atoms with van der Waals surface area (Å²) < 4.78 is 1.92. The second-order valence-corrected chi connectivity index (χ2v) is 5.46. The van der Waals surface area contributed by atoms with Crippen molar-refractivity contribution in [2.45, 2.75) is 6.54 Å². The average Bonchev–Trinajstić information content (AvgIpc) is 3.01.